The Kier molecular flexibility index (Phi) is 7.00. The summed E-state index contributed by atoms with van der Waals surface area (Å²) in [7, 11) is 0. The third kappa shape index (κ3) is 6.47. The molecule has 0 bridgehead atoms. The van der Waals surface area contributed by atoms with Crippen LogP contribution in [0.2, 0.25) is 0 Å². The summed E-state index contributed by atoms with van der Waals surface area (Å²) >= 11 is 0. The predicted molar refractivity (Wildman–Crippen MR) is 115 cm³/mol. The lowest BCUT2D eigenvalue weighted by molar-refractivity contribution is -0.134. The monoisotopic (exact) mass is 415 g/mol. The highest BCUT2D eigenvalue weighted by molar-refractivity contribution is 6.00. The Bertz CT molecular complexity index is 762. The van der Waals surface area contributed by atoms with Crippen LogP contribution in [0.15, 0.2) is 24.3 Å². The maximum absolute atomic E-state index is 12.0. The van der Waals surface area contributed by atoms with Crippen LogP contribution in [0.4, 0.5) is 10.5 Å². The second kappa shape index (κ2) is 9.49. The molecule has 0 radical (unpaired) electrons. The molecule has 2 aliphatic rings. The number of nitrogens with one attached hydrogen (secondary N) is 3. The highest BCUT2D eigenvalue weighted by Crippen LogP contribution is 2.29. The standard InChI is InChI=1S/C23H33N3O4/c1-23(2,3)30-22(29)24-14-15-4-8-17(9-5-15)25-18-10-6-16(7-11-18)19-12-13-20(27)26-21(19)28/h6-7,10-11,15,17,19,25H,4-5,8-9,12-14H2,1-3H3,(H,24,29)(H,26,27,28). The molecule has 1 aliphatic carbocycles. The van der Waals surface area contributed by atoms with Crippen molar-refractivity contribution in [1.82, 2.24) is 10.6 Å². The smallest absolute Gasteiger partial charge is 0.407 e. The maximum Gasteiger partial charge on any atom is 0.407 e. The van der Waals surface area contributed by atoms with E-state index in [9.17, 15) is 14.4 Å². The fraction of sp³-hybridized carbons (Fsp3) is 0.609. The molecule has 3 rings (SSSR count). The van der Waals surface area contributed by atoms with Crippen molar-refractivity contribution >= 4 is 23.6 Å². The molecule has 1 atom stereocenters. The molecule has 1 aromatic carbocycles. The van der Waals surface area contributed by atoms with Crippen LogP contribution in [0.5, 0.6) is 0 Å². The second-order valence-electron chi connectivity index (χ2n) is 9.37. The van der Waals surface area contributed by atoms with E-state index in [-0.39, 0.29) is 23.8 Å². The number of imide groups is 1. The lowest BCUT2D eigenvalue weighted by atomic mass is 9.86. The molecular weight excluding hydrogens is 382 g/mol. The molecule has 2 fully saturated rings. The third-order valence-corrected chi connectivity index (χ3v) is 5.70. The first-order valence-corrected chi connectivity index (χ1v) is 10.9. The summed E-state index contributed by atoms with van der Waals surface area (Å²) in [6.07, 6.45) is 4.83. The molecule has 1 heterocycles. The Morgan fingerprint density at radius 2 is 1.73 bits per heavy atom. The SMILES string of the molecule is CC(C)(C)OC(=O)NCC1CCC(Nc2ccc(C3CCC(=O)NC3=O)cc2)CC1. The first-order chi connectivity index (χ1) is 14.2. The average molecular weight is 416 g/mol. The van der Waals surface area contributed by atoms with Crippen LogP contribution in [0, 0.1) is 5.92 Å². The number of amides is 3. The summed E-state index contributed by atoms with van der Waals surface area (Å²) in [5.74, 6) is -0.160. The average Bonchev–Trinajstić information content (AvgIpc) is 2.67. The van der Waals surface area contributed by atoms with E-state index in [2.05, 4.69) is 16.0 Å². The van der Waals surface area contributed by atoms with Gasteiger partial charge in [0, 0.05) is 24.7 Å². The lowest BCUT2D eigenvalue weighted by Crippen LogP contribution is -2.39. The highest BCUT2D eigenvalue weighted by Gasteiger charge is 2.28. The van der Waals surface area contributed by atoms with Gasteiger partial charge in [0.1, 0.15) is 5.60 Å². The summed E-state index contributed by atoms with van der Waals surface area (Å²) in [5, 5.41) is 8.87. The van der Waals surface area contributed by atoms with Crippen LogP contribution in [0.25, 0.3) is 0 Å². The van der Waals surface area contributed by atoms with Crippen molar-refractivity contribution < 1.29 is 19.1 Å². The Labute approximate surface area is 178 Å². The van der Waals surface area contributed by atoms with Crippen LogP contribution in [-0.4, -0.2) is 36.1 Å². The Morgan fingerprint density at radius 3 is 2.33 bits per heavy atom. The van der Waals surface area contributed by atoms with Gasteiger partial charge in [-0.1, -0.05) is 12.1 Å². The number of hydrogen-bond donors (Lipinski definition) is 3. The minimum Gasteiger partial charge on any atom is -0.444 e. The summed E-state index contributed by atoms with van der Waals surface area (Å²) in [6, 6.07) is 8.37. The van der Waals surface area contributed by atoms with E-state index in [0.717, 1.165) is 36.9 Å². The molecule has 164 valence electrons. The fourth-order valence-electron chi connectivity index (χ4n) is 4.11. The van der Waals surface area contributed by atoms with Crippen molar-refractivity contribution in [3.8, 4) is 0 Å². The van der Waals surface area contributed by atoms with E-state index in [4.69, 9.17) is 4.74 Å². The fourth-order valence-corrected chi connectivity index (χ4v) is 4.11. The van der Waals surface area contributed by atoms with Gasteiger partial charge < -0.3 is 15.4 Å². The molecule has 7 heteroatoms. The van der Waals surface area contributed by atoms with Gasteiger partial charge in [-0.15, -0.1) is 0 Å². The molecule has 1 aliphatic heterocycles. The number of carbonyl (C=O) groups excluding carboxylic acids is 3. The molecule has 3 N–H and O–H groups in total. The zero-order valence-corrected chi connectivity index (χ0v) is 18.1. The van der Waals surface area contributed by atoms with E-state index in [1.807, 2.05) is 45.0 Å². The van der Waals surface area contributed by atoms with Gasteiger partial charge in [0.05, 0.1) is 5.92 Å². The van der Waals surface area contributed by atoms with Gasteiger partial charge in [0.2, 0.25) is 11.8 Å². The third-order valence-electron chi connectivity index (χ3n) is 5.70. The van der Waals surface area contributed by atoms with Crippen LogP contribution in [0.3, 0.4) is 0 Å². The van der Waals surface area contributed by atoms with Crippen LogP contribution in [-0.2, 0) is 14.3 Å². The van der Waals surface area contributed by atoms with Crippen molar-refractivity contribution in [2.45, 2.75) is 76.9 Å². The molecule has 3 amide bonds. The van der Waals surface area contributed by atoms with Gasteiger partial charge >= 0.3 is 6.09 Å². The van der Waals surface area contributed by atoms with E-state index < -0.39 is 5.60 Å². The second-order valence-corrected chi connectivity index (χ2v) is 9.37. The Hall–Kier alpha value is -2.57. The number of benzene rings is 1. The van der Waals surface area contributed by atoms with Crippen LogP contribution >= 0.6 is 0 Å². The minimum atomic E-state index is -0.473. The first kappa shape index (κ1) is 22.1. The summed E-state index contributed by atoms with van der Waals surface area (Å²) in [6.45, 7) is 6.24. The number of alkyl carbamates (subject to hydrolysis) is 1. The molecule has 1 unspecified atom stereocenters. The number of piperidine rings is 1. The van der Waals surface area contributed by atoms with Gasteiger partial charge in [-0.25, -0.2) is 4.79 Å². The van der Waals surface area contributed by atoms with Crippen molar-refractivity contribution in [2.75, 3.05) is 11.9 Å². The molecule has 1 saturated heterocycles. The summed E-state index contributed by atoms with van der Waals surface area (Å²) < 4.78 is 5.29. The van der Waals surface area contributed by atoms with Crippen molar-refractivity contribution in [1.29, 1.82) is 0 Å². The Morgan fingerprint density at radius 1 is 1.07 bits per heavy atom. The largest absolute Gasteiger partial charge is 0.444 e. The summed E-state index contributed by atoms with van der Waals surface area (Å²) in [4.78, 5) is 35.1. The van der Waals surface area contributed by atoms with Crippen molar-refractivity contribution in [2.24, 2.45) is 5.92 Å². The van der Waals surface area contributed by atoms with E-state index in [1.165, 1.54) is 0 Å². The molecule has 0 aromatic heterocycles. The molecule has 0 spiro atoms. The molecule has 1 aromatic rings. The minimum absolute atomic E-state index is 0.188. The summed E-state index contributed by atoms with van der Waals surface area (Å²) in [5.41, 5.74) is 1.52. The van der Waals surface area contributed by atoms with Gasteiger partial charge in [0.15, 0.2) is 0 Å². The molecule has 7 nitrogen and oxygen atoms in total. The maximum atomic E-state index is 12.0. The van der Waals surface area contributed by atoms with Gasteiger partial charge in [-0.05, 0) is 76.5 Å². The molecular formula is C23H33N3O4. The van der Waals surface area contributed by atoms with Gasteiger partial charge in [0.25, 0.3) is 0 Å². The van der Waals surface area contributed by atoms with E-state index in [1.54, 1.807) is 0 Å². The quantitative estimate of drug-likeness (QED) is 0.637. The van der Waals surface area contributed by atoms with Crippen LogP contribution < -0.4 is 16.0 Å². The van der Waals surface area contributed by atoms with Crippen LogP contribution in [0.1, 0.15) is 70.8 Å². The van der Waals surface area contributed by atoms with Crippen molar-refractivity contribution in [3.05, 3.63) is 29.8 Å². The zero-order valence-electron chi connectivity index (χ0n) is 18.1. The van der Waals surface area contributed by atoms with E-state index in [0.29, 0.717) is 31.3 Å². The van der Waals surface area contributed by atoms with E-state index >= 15 is 0 Å². The molecule has 30 heavy (non-hydrogen) atoms. The number of rotatable bonds is 5. The number of anilines is 1. The van der Waals surface area contributed by atoms with Gasteiger partial charge in [-0.3, -0.25) is 14.9 Å². The normalized spacial score (nSPS) is 24.7. The topological polar surface area (TPSA) is 96.5 Å². The number of ether oxygens (including phenoxy) is 1. The predicted octanol–water partition coefficient (Wildman–Crippen LogP) is 3.70. The van der Waals surface area contributed by atoms with Gasteiger partial charge in [-0.2, -0.15) is 0 Å². The molecule has 1 saturated carbocycles. The Balaban J connectivity index is 1.41. The number of hydrogen-bond acceptors (Lipinski definition) is 5. The first-order valence-electron chi connectivity index (χ1n) is 10.9. The zero-order chi connectivity index (χ0) is 21.7. The highest BCUT2D eigenvalue weighted by atomic mass is 16.6. The number of carbonyl (C=O) groups is 3. The lowest BCUT2D eigenvalue weighted by Gasteiger charge is -2.30. The van der Waals surface area contributed by atoms with Crippen molar-refractivity contribution in [3.63, 3.8) is 0 Å².